The summed E-state index contributed by atoms with van der Waals surface area (Å²) in [7, 11) is 0. The van der Waals surface area contributed by atoms with Crippen molar-refractivity contribution in [2.24, 2.45) is 0 Å². The molecule has 1 amide bonds. The molecule has 0 aliphatic rings. The number of halogens is 1. The maximum absolute atomic E-state index is 13.3. The average Bonchev–Trinajstić information content (AvgIpc) is 3.12. The van der Waals surface area contributed by atoms with Crippen LogP contribution in [0.4, 0.5) is 4.39 Å². The maximum Gasteiger partial charge on any atom is 0.270 e. The van der Waals surface area contributed by atoms with Crippen LogP contribution < -0.4 is 0 Å². The lowest BCUT2D eigenvalue weighted by Crippen LogP contribution is -2.36. The SMILES string of the molecule is CC(C)N(Cc1ccon1)C(=O)c1cc2ccc(F)cc2[nH]1. The molecule has 22 heavy (non-hydrogen) atoms. The highest BCUT2D eigenvalue weighted by Crippen LogP contribution is 2.19. The first kappa shape index (κ1) is 14.3. The Morgan fingerprint density at radius 1 is 1.36 bits per heavy atom. The van der Waals surface area contributed by atoms with Crippen molar-refractivity contribution in [3.05, 3.63) is 53.8 Å². The van der Waals surface area contributed by atoms with Crippen molar-refractivity contribution in [2.75, 3.05) is 0 Å². The van der Waals surface area contributed by atoms with Crippen LogP contribution in [0.3, 0.4) is 0 Å². The predicted octanol–water partition coefficient (Wildman–Crippen LogP) is 3.35. The Morgan fingerprint density at radius 2 is 2.18 bits per heavy atom. The molecule has 0 unspecified atom stereocenters. The summed E-state index contributed by atoms with van der Waals surface area (Å²) in [4.78, 5) is 17.4. The number of fused-ring (bicyclic) bond motifs is 1. The fraction of sp³-hybridized carbons (Fsp3) is 0.250. The third-order valence-corrected chi connectivity index (χ3v) is 3.52. The second-order valence-corrected chi connectivity index (χ2v) is 5.43. The van der Waals surface area contributed by atoms with E-state index in [1.165, 1.54) is 18.4 Å². The van der Waals surface area contributed by atoms with E-state index in [4.69, 9.17) is 4.52 Å². The molecule has 0 saturated heterocycles. The van der Waals surface area contributed by atoms with Crippen LogP contribution in [0.1, 0.15) is 30.0 Å². The highest BCUT2D eigenvalue weighted by Gasteiger charge is 2.21. The Balaban J connectivity index is 1.91. The van der Waals surface area contributed by atoms with Crippen molar-refractivity contribution < 1.29 is 13.7 Å². The number of amides is 1. The van der Waals surface area contributed by atoms with Crippen LogP contribution in [-0.2, 0) is 6.54 Å². The molecular weight excluding hydrogens is 285 g/mol. The predicted molar refractivity (Wildman–Crippen MR) is 79.8 cm³/mol. The minimum absolute atomic E-state index is 0.00708. The van der Waals surface area contributed by atoms with Gasteiger partial charge in [0.2, 0.25) is 0 Å². The number of rotatable bonds is 4. The molecule has 0 fully saturated rings. The number of benzene rings is 1. The van der Waals surface area contributed by atoms with Gasteiger partial charge in [-0.3, -0.25) is 4.79 Å². The van der Waals surface area contributed by atoms with Crippen molar-refractivity contribution in [3.8, 4) is 0 Å². The van der Waals surface area contributed by atoms with Gasteiger partial charge in [-0.1, -0.05) is 5.16 Å². The Kier molecular flexibility index (Phi) is 3.66. The third-order valence-electron chi connectivity index (χ3n) is 3.52. The molecule has 0 atom stereocenters. The molecule has 5 nitrogen and oxygen atoms in total. The normalized spacial score (nSPS) is 11.3. The summed E-state index contributed by atoms with van der Waals surface area (Å²) >= 11 is 0. The summed E-state index contributed by atoms with van der Waals surface area (Å²) in [6.45, 7) is 4.22. The summed E-state index contributed by atoms with van der Waals surface area (Å²) in [6.07, 6.45) is 1.48. The van der Waals surface area contributed by atoms with Crippen molar-refractivity contribution in [1.29, 1.82) is 0 Å². The number of carbonyl (C=O) groups excluding carboxylic acids is 1. The van der Waals surface area contributed by atoms with Crippen molar-refractivity contribution in [2.45, 2.75) is 26.4 Å². The highest BCUT2D eigenvalue weighted by atomic mass is 19.1. The van der Waals surface area contributed by atoms with Crippen LogP contribution in [-0.4, -0.2) is 27.0 Å². The Morgan fingerprint density at radius 3 is 2.86 bits per heavy atom. The lowest BCUT2D eigenvalue weighted by molar-refractivity contribution is 0.0681. The zero-order valence-corrected chi connectivity index (χ0v) is 12.3. The second-order valence-electron chi connectivity index (χ2n) is 5.43. The lowest BCUT2D eigenvalue weighted by atomic mass is 10.2. The van der Waals surface area contributed by atoms with Crippen molar-refractivity contribution >= 4 is 16.8 Å². The van der Waals surface area contributed by atoms with E-state index < -0.39 is 0 Å². The first-order valence-electron chi connectivity index (χ1n) is 7.03. The van der Waals surface area contributed by atoms with E-state index in [9.17, 15) is 9.18 Å². The molecule has 0 saturated carbocycles. The Bertz CT molecular complexity index is 793. The number of carbonyl (C=O) groups is 1. The van der Waals surface area contributed by atoms with Crippen LogP contribution in [0.2, 0.25) is 0 Å². The largest absolute Gasteiger partial charge is 0.364 e. The van der Waals surface area contributed by atoms with Gasteiger partial charge in [0.1, 0.15) is 23.5 Å². The lowest BCUT2D eigenvalue weighted by Gasteiger charge is -2.25. The number of aromatic nitrogens is 2. The molecule has 0 aliphatic carbocycles. The molecule has 114 valence electrons. The van der Waals surface area contributed by atoms with E-state index in [1.54, 1.807) is 23.1 Å². The van der Waals surface area contributed by atoms with Gasteiger partial charge < -0.3 is 14.4 Å². The number of hydrogen-bond donors (Lipinski definition) is 1. The van der Waals surface area contributed by atoms with Crippen LogP contribution >= 0.6 is 0 Å². The van der Waals surface area contributed by atoms with Gasteiger partial charge in [-0.05, 0) is 38.1 Å². The van der Waals surface area contributed by atoms with Crippen molar-refractivity contribution in [3.63, 3.8) is 0 Å². The van der Waals surface area contributed by atoms with Crippen LogP contribution in [0.25, 0.3) is 10.9 Å². The Hall–Kier alpha value is -2.63. The summed E-state index contributed by atoms with van der Waals surface area (Å²) < 4.78 is 18.1. The van der Waals surface area contributed by atoms with Crippen molar-refractivity contribution in [1.82, 2.24) is 15.0 Å². The number of nitrogens with zero attached hydrogens (tertiary/aromatic N) is 2. The topological polar surface area (TPSA) is 62.1 Å². The quantitative estimate of drug-likeness (QED) is 0.804. The van der Waals surface area contributed by atoms with E-state index in [2.05, 4.69) is 10.1 Å². The number of H-pyrrole nitrogens is 1. The molecule has 0 aliphatic heterocycles. The Labute approximate surface area is 126 Å². The molecule has 3 aromatic rings. The first-order chi connectivity index (χ1) is 10.5. The summed E-state index contributed by atoms with van der Waals surface area (Å²) in [5.74, 6) is -0.494. The standard InChI is InChI=1S/C16H16FN3O2/c1-10(2)20(9-13-5-6-22-19-13)16(21)15-7-11-3-4-12(17)8-14(11)18-15/h3-8,10,18H,9H2,1-2H3. The number of aromatic amines is 1. The summed E-state index contributed by atoms with van der Waals surface area (Å²) in [5.41, 5.74) is 1.72. The summed E-state index contributed by atoms with van der Waals surface area (Å²) in [5, 5.41) is 4.64. The molecule has 3 rings (SSSR count). The van der Waals surface area contributed by atoms with E-state index in [-0.39, 0.29) is 17.8 Å². The number of hydrogen-bond acceptors (Lipinski definition) is 3. The fourth-order valence-electron chi connectivity index (χ4n) is 2.35. The van der Waals surface area contributed by atoms with Gasteiger partial charge in [0.25, 0.3) is 5.91 Å². The molecular formula is C16H16FN3O2. The van der Waals surface area contributed by atoms with Gasteiger partial charge >= 0.3 is 0 Å². The van der Waals surface area contributed by atoms with Gasteiger partial charge in [0.15, 0.2) is 0 Å². The van der Waals surface area contributed by atoms with E-state index in [1.807, 2.05) is 13.8 Å². The molecule has 6 heteroatoms. The fourth-order valence-corrected chi connectivity index (χ4v) is 2.35. The molecule has 2 heterocycles. The van der Waals surface area contributed by atoms with Crippen LogP contribution in [0, 0.1) is 5.82 Å². The second kappa shape index (κ2) is 5.63. The number of nitrogens with one attached hydrogen (secondary N) is 1. The summed E-state index contributed by atoms with van der Waals surface area (Å²) in [6, 6.07) is 7.85. The molecule has 2 aromatic heterocycles. The van der Waals surface area contributed by atoms with Gasteiger partial charge in [0, 0.05) is 23.0 Å². The first-order valence-corrected chi connectivity index (χ1v) is 7.03. The minimum Gasteiger partial charge on any atom is -0.364 e. The van der Waals surface area contributed by atoms with Gasteiger partial charge in [-0.15, -0.1) is 0 Å². The maximum atomic E-state index is 13.3. The zero-order valence-electron chi connectivity index (χ0n) is 12.3. The third kappa shape index (κ3) is 2.72. The van der Waals surface area contributed by atoms with Gasteiger partial charge in [-0.2, -0.15) is 0 Å². The van der Waals surface area contributed by atoms with Gasteiger partial charge in [-0.25, -0.2) is 4.39 Å². The van der Waals surface area contributed by atoms with Crippen LogP contribution in [0.5, 0.6) is 0 Å². The average molecular weight is 301 g/mol. The molecule has 1 aromatic carbocycles. The van der Waals surface area contributed by atoms with E-state index >= 15 is 0 Å². The minimum atomic E-state index is -0.336. The molecule has 1 N–H and O–H groups in total. The smallest absolute Gasteiger partial charge is 0.270 e. The molecule has 0 spiro atoms. The van der Waals surface area contributed by atoms with Gasteiger partial charge in [0.05, 0.1) is 6.54 Å². The highest BCUT2D eigenvalue weighted by molar-refractivity contribution is 5.98. The molecule has 0 radical (unpaired) electrons. The van der Waals surface area contributed by atoms with E-state index in [0.29, 0.717) is 23.4 Å². The zero-order chi connectivity index (χ0) is 15.7. The molecule has 0 bridgehead atoms. The van der Waals surface area contributed by atoms with E-state index in [0.717, 1.165) is 5.39 Å². The van der Waals surface area contributed by atoms with Crippen LogP contribution in [0.15, 0.2) is 41.1 Å². The monoisotopic (exact) mass is 301 g/mol.